The number of hydrogen-bond donors (Lipinski definition) is 0. The summed E-state index contributed by atoms with van der Waals surface area (Å²) in [7, 11) is 0. The summed E-state index contributed by atoms with van der Waals surface area (Å²) in [6, 6.07) is 10.3. The molecule has 7 heteroatoms. The normalized spacial score (nSPS) is 14.6. The van der Waals surface area contributed by atoms with Gasteiger partial charge in [0.15, 0.2) is 0 Å². The van der Waals surface area contributed by atoms with Crippen molar-refractivity contribution in [1.29, 1.82) is 0 Å². The first kappa shape index (κ1) is 21.7. The lowest BCUT2D eigenvalue weighted by Gasteiger charge is -2.35. The van der Waals surface area contributed by atoms with Crippen molar-refractivity contribution >= 4 is 33.3 Å². The molecule has 0 bridgehead atoms. The van der Waals surface area contributed by atoms with Gasteiger partial charge >= 0.3 is 0 Å². The van der Waals surface area contributed by atoms with Crippen molar-refractivity contribution in [2.24, 2.45) is 0 Å². The van der Waals surface area contributed by atoms with Crippen LogP contribution in [-0.4, -0.2) is 51.9 Å². The van der Waals surface area contributed by atoms with Gasteiger partial charge in [-0.05, 0) is 38.3 Å². The molecule has 4 rings (SSSR count). The second-order valence-electron chi connectivity index (χ2n) is 8.53. The van der Waals surface area contributed by atoms with E-state index in [1.165, 1.54) is 9.71 Å². The average Bonchev–Trinajstić information content (AvgIpc) is 3.19. The van der Waals surface area contributed by atoms with E-state index in [9.17, 15) is 4.79 Å². The Bertz CT molecular complexity index is 1010. The number of carbonyl (C=O) groups excluding carboxylic acids is 1. The summed E-state index contributed by atoms with van der Waals surface area (Å²) in [6.07, 6.45) is 3.49. The molecule has 0 atom stereocenters. The summed E-state index contributed by atoms with van der Waals surface area (Å²) < 4.78 is 1.24. The van der Waals surface area contributed by atoms with Crippen LogP contribution < -0.4 is 4.90 Å². The number of aryl methyl sites for hydroxylation is 2. The maximum absolute atomic E-state index is 12.7. The minimum absolute atomic E-state index is 0.269. The maximum atomic E-state index is 12.7. The van der Waals surface area contributed by atoms with Gasteiger partial charge in [0.25, 0.3) is 0 Å². The number of unbranched alkanes of at least 4 members (excludes halogenated alkanes) is 1. The van der Waals surface area contributed by atoms with Gasteiger partial charge in [-0.2, -0.15) is 0 Å². The molecule has 31 heavy (non-hydrogen) atoms. The number of rotatable bonds is 7. The van der Waals surface area contributed by atoms with Gasteiger partial charge in [-0.1, -0.05) is 26.0 Å². The Hall–Kier alpha value is -2.54. The molecule has 0 spiro atoms. The molecule has 1 aromatic carbocycles. The largest absolute Gasteiger partial charge is 0.353 e. The summed E-state index contributed by atoms with van der Waals surface area (Å²) in [4.78, 5) is 30.9. The van der Waals surface area contributed by atoms with Gasteiger partial charge in [-0.3, -0.25) is 4.79 Å². The molecule has 164 valence electrons. The Labute approximate surface area is 188 Å². The van der Waals surface area contributed by atoms with E-state index in [2.05, 4.69) is 46.9 Å². The van der Waals surface area contributed by atoms with Gasteiger partial charge in [-0.15, -0.1) is 11.3 Å². The molecule has 0 aliphatic carbocycles. The molecule has 1 saturated heterocycles. The van der Waals surface area contributed by atoms with Crippen LogP contribution in [-0.2, 0) is 11.2 Å². The predicted molar refractivity (Wildman–Crippen MR) is 127 cm³/mol. The van der Waals surface area contributed by atoms with E-state index in [0.29, 0.717) is 12.3 Å². The Balaban J connectivity index is 1.22. The van der Waals surface area contributed by atoms with Gasteiger partial charge in [-0.25, -0.2) is 15.0 Å². The van der Waals surface area contributed by atoms with Crippen molar-refractivity contribution in [3.05, 3.63) is 46.9 Å². The zero-order valence-electron chi connectivity index (χ0n) is 18.7. The molecule has 3 heterocycles. The highest BCUT2D eigenvalue weighted by Crippen LogP contribution is 2.23. The molecule has 0 radical (unpaired) electrons. The fourth-order valence-corrected chi connectivity index (χ4v) is 4.93. The number of benzene rings is 1. The highest BCUT2D eigenvalue weighted by atomic mass is 32.1. The number of nitrogens with zero attached hydrogens (tertiary/aromatic N) is 5. The topological polar surface area (TPSA) is 62.2 Å². The first-order valence-electron chi connectivity index (χ1n) is 11.2. The van der Waals surface area contributed by atoms with Crippen molar-refractivity contribution in [2.75, 3.05) is 31.1 Å². The fraction of sp³-hybridized carbons (Fsp3) is 0.500. The molecular formula is C24H31N5OS. The van der Waals surface area contributed by atoms with Crippen LogP contribution >= 0.6 is 11.3 Å². The van der Waals surface area contributed by atoms with Crippen LogP contribution in [0.4, 0.5) is 5.82 Å². The molecular weight excluding hydrogens is 406 g/mol. The van der Waals surface area contributed by atoms with Crippen molar-refractivity contribution in [2.45, 2.75) is 52.4 Å². The Kier molecular flexibility index (Phi) is 6.80. The van der Waals surface area contributed by atoms with Crippen LogP contribution in [0.2, 0.25) is 0 Å². The Morgan fingerprint density at radius 2 is 1.84 bits per heavy atom. The van der Waals surface area contributed by atoms with Crippen LogP contribution in [0.25, 0.3) is 10.2 Å². The lowest BCUT2D eigenvalue weighted by Crippen LogP contribution is -2.49. The number of hydrogen-bond acceptors (Lipinski definition) is 6. The van der Waals surface area contributed by atoms with E-state index in [4.69, 9.17) is 4.98 Å². The molecule has 0 N–H and O–H groups in total. The highest BCUT2D eigenvalue weighted by molar-refractivity contribution is 7.18. The summed E-state index contributed by atoms with van der Waals surface area (Å²) >= 11 is 1.76. The highest BCUT2D eigenvalue weighted by Gasteiger charge is 2.22. The first-order chi connectivity index (χ1) is 15.0. The third-order valence-electron chi connectivity index (χ3n) is 5.70. The quantitative estimate of drug-likeness (QED) is 0.506. The van der Waals surface area contributed by atoms with Crippen LogP contribution in [0.1, 0.15) is 55.6 Å². The van der Waals surface area contributed by atoms with Gasteiger partial charge < -0.3 is 9.80 Å². The summed E-state index contributed by atoms with van der Waals surface area (Å²) in [5.41, 5.74) is 2.08. The minimum atomic E-state index is 0.269. The molecule has 1 amide bonds. The van der Waals surface area contributed by atoms with E-state index in [0.717, 1.165) is 68.3 Å². The Morgan fingerprint density at radius 1 is 1.06 bits per heavy atom. The van der Waals surface area contributed by atoms with Crippen LogP contribution in [0.3, 0.4) is 0 Å². The van der Waals surface area contributed by atoms with E-state index in [1.54, 1.807) is 11.3 Å². The third-order valence-corrected chi connectivity index (χ3v) is 6.80. The fourth-order valence-electron chi connectivity index (χ4n) is 3.92. The molecule has 1 fully saturated rings. The Morgan fingerprint density at radius 3 is 2.58 bits per heavy atom. The number of amides is 1. The summed E-state index contributed by atoms with van der Waals surface area (Å²) in [5, 5.41) is 1.17. The van der Waals surface area contributed by atoms with E-state index >= 15 is 0 Å². The SMILES string of the molecule is Cc1cc(N2CCN(C(=O)CCCCc3nc4ccccc4s3)CC2)nc(C(C)C)n1. The minimum Gasteiger partial charge on any atom is -0.353 e. The lowest BCUT2D eigenvalue weighted by atomic mass is 10.1. The molecule has 0 saturated carbocycles. The second kappa shape index (κ2) is 9.73. The number of thiazole rings is 1. The van der Waals surface area contributed by atoms with Crippen molar-refractivity contribution in [3.8, 4) is 0 Å². The van der Waals surface area contributed by atoms with Gasteiger partial charge in [0.05, 0.1) is 15.2 Å². The van der Waals surface area contributed by atoms with Gasteiger partial charge in [0, 0.05) is 50.3 Å². The van der Waals surface area contributed by atoms with E-state index in [-0.39, 0.29) is 5.91 Å². The molecule has 3 aromatic rings. The third kappa shape index (κ3) is 5.39. The number of carbonyl (C=O) groups is 1. The van der Waals surface area contributed by atoms with Crippen molar-refractivity contribution < 1.29 is 4.79 Å². The molecule has 6 nitrogen and oxygen atoms in total. The number of fused-ring (bicyclic) bond motifs is 1. The monoisotopic (exact) mass is 437 g/mol. The molecule has 0 unspecified atom stereocenters. The average molecular weight is 438 g/mol. The van der Waals surface area contributed by atoms with Crippen LogP contribution in [0, 0.1) is 6.92 Å². The summed E-state index contributed by atoms with van der Waals surface area (Å²) in [6.45, 7) is 9.42. The standard InChI is InChI=1S/C24H31N5OS/c1-17(2)24-25-18(3)16-21(27-24)28-12-14-29(15-13-28)23(30)11-7-6-10-22-26-19-8-4-5-9-20(19)31-22/h4-5,8-9,16-17H,6-7,10-15H2,1-3H3. The van der Waals surface area contributed by atoms with Gasteiger partial charge in [0.1, 0.15) is 11.6 Å². The second-order valence-corrected chi connectivity index (χ2v) is 9.65. The molecule has 1 aliphatic heterocycles. The predicted octanol–water partition coefficient (Wildman–Crippen LogP) is 4.58. The molecule has 2 aromatic heterocycles. The van der Waals surface area contributed by atoms with E-state index < -0.39 is 0 Å². The summed E-state index contributed by atoms with van der Waals surface area (Å²) in [5.74, 6) is 2.45. The van der Waals surface area contributed by atoms with Crippen LogP contribution in [0.15, 0.2) is 30.3 Å². The zero-order chi connectivity index (χ0) is 21.8. The number of aromatic nitrogens is 3. The smallest absolute Gasteiger partial charge is 0.222 e. The molecule has 1 aliphatic rings. The number of piperazine rings is 1. The lowest BCUT2D eigenvalue weighted by molar-refractivity contribution is -0.131. The zero-order valence-corrected chi connectivity index (χ0v) is 19.5. The number of anilines is 1. The number of para-hydroxylation sites is 1. The van der Waals surface area contributed by atoms with Crippen LogP contribution in [0.5, 0.6) is 0 Å². The first-order valence-corrected chi connectivity index (χ1v) is 12.0. The van der Waals surface area contributed by atoms with E-state index in [1.807, 2.05) is 24.0 Å². The van der Waals surface area contributed by atoms with Crippen molar-refractivity contribution in [3.63, 3.8) is 0 Å². The maximum Gasteiger partial charge on any atom is 0.222 e. The van der Waals surface area contributed by atoms with Crippen molar-refractivity contribution in [1.82, 2.24) is 19.9 Å². The van der Waals surface area contributed by atoms with Gasteiger partial charge in [0.2, 0.25) is 5.91 Å².